The van der Waals surface area contributed by atoms with Gasteiger partial charge in [0.25, 0.3) is 0 Å². The first kappa shape index (κ1) is 11.8. The normalized spacial score (nSPS) is 19.6. The fraction of sp³-hybridized carbons (Fsp3) is 0.462. The van der Waals surface area contributed by atoms with Gasteiger partial charge >= 0.3 is 0 Å². The minimum Gasteiger partial charge on any atom is -0.491 e. The van der Waals surface area contributed by atoms with Crippen molar-refractivity contribution in [1.29, 1.82) is 0 Å². The van der Waals surface area contributed by atoms with E-state index in [9.17, 15) is 0 Å². The van der Waals surface area contributed by atoms with Crippen LogP contribution in [0, 0.1) is 0 Å². The summed E-state index contributed by atoms with van der Waals surface area (Å²) in [6.07, 6.45) is 0.203. The van der Waals surface area contributed by atoms with E-state index in [2.05, 4.69) is 17.1 Å². The molecule has 1 atom stereocenters. The molecule has 17 heavy (non-hydrogen) atoms. The molecule has 0 radical (unpaired) electrons. The first-order valence-electron chi connectivity index (χ1n) is 5.87. The number of ether oxygens (including phenoxy) is 1. The number of likely N-dealkylation sites (N-methyl/N-ethyl adjacent to an activating group) is 1. The van der Waals surface area contributed by atoms with Crippen LogP contribution in [0.5, 0.6) is 5.75 Å². The van der Waals surface area contributed by atoms with Crippen LogP contribution in [0.4, 0.5) is 0 Å². The van der Waals surface area contributed by atoms with E-state index in [1.54, 1.807) is 0 Å². The lowest BCUT2D eigenvalue weighted by atomic mass is 10.1. The number of rotatable bonds is 3. The maximum atomic E-state index is 5.75. The van der Waals surface area contributed by atoms with Gasteiger partial charge in [0.05, 0.1) is 18.7 Å². The molecule has 1 aliphatic heterocycles. The SMILES string of the molecule is CC(C)Oc1ccc(C2CN=C(N)N2C)cc1. The second-order valence-corrected chi connectivity index (χ2v) is 4.56. The molecule has 2 rings (SSSR count). The lowest BCUT2D eigenvalue weighted by molar-refractivity contribution is 0.242. The molecule has 1 aromatic carbocycles. The van der Waals surface area contributed by atoms with E-state index >= 15 is 0 Å². The molecule has 0 saturated carbocycles. The predicted molar refractivity (Wildman–Crippen MR) is 69.2 cm³/mol. The maximum Gasteiger partial charge on any atom is 0.191 e. The van der Waals surface area contributed by atoms with E-state index in [0.29, 0.717) is 5.96 Å². The van der Waals surface area contributed by atoms with E-state index in [-0.39, 0.29) is 12.1 Å². The molecule has 1 unspecified atom stereocenters. The third kappa shape index (κ3) is 2.52. The molecule has 0 bridgehead atoms. The van der Waals surface area contributed by atoms with Crippen molar-refractivity contribution < 1.29 is 4.74 Å². The van der Waals surface area contributed by atoms with E-state index < -0.39 is 0 Å². The van der Waals surface area contributed by atoms with E-state index in [1.807, 2.05) is 37.9 Å². The highest BCUT2D eigenvalue weighted by Gasteiger charge is 2.23. The van der Waals surface area contributed by atoms with E-state index in [1.165, 1.54) is 5.56 Å². The van der Waals surface area contributed by atoms with Crippen LogP contribution in [-0.2, 0) is 0 Å². The average Bonchev–Trinajstić information content (AvgIpc) is 2.60. The van der Waals surface area contributed by atoms with Gasteiger partial charge in [-0.05, 0) is 31.5 Å². The lowest BCUT2D eigenvalue weighted by Crippen LogP contribution is -2.32. The molecule has 4 heteroatoms. The van der Waals surface area contributed by atoms with Crippen molar-refractivity contribution in [3.8, 4) is 5.75 Å². The summed E-state index contributed by atoms with van der Waals surface area (Å²) in [5.74, 6) is 1.51. The van der Waals surface area contributed by atoms with Gasteiger partial charge in [0, 0.05) is 7.05 Å². The lowest BCUT2D eigenvalue weighted by Gasteiger charge is -2.21. The fourth-order valence-electron chi connectivity index (χ4n) is 1.94. The zero-order valence-electron chi connectivity index (χ0n) is 10.6. The highest BCUT2D eigenvalue weighted by Crippen LogP contribution is 2.25. The van der Waals surface area contributed by atoms with Crippen LogP contribution in [0.1, 0.15) is 25.5 Å². The number of nitrogens with zero attached hydrogens (tertiary/aromatic N) is 2. The van der Waals surface area contributed by atoms with E-state index in [4.69, 9.17) is 10.5 Å². The van der Waals surface area contributed by atoms with Crippen molar-refractivity contribution in [3.05, 3.63) is 29.8 Å². The summed E-state index contributed by atoms with van der Waals surface area (Å²) >= 11 is 0. The highest BCUT2D eigenvalue weighted by atomic mass is 16.5. The first-order chi connectivity index (χ1) is 8.08. The zero-order valence-corrected chi connectivity index (χ0v) is 10.6. The van der Waals surface area contributed by atoms with Gasteiger partial charge < -0.3 is 15.4 Å². The number of hydrogen-bond donors (Lipinski definition) is 1. The van der Waals surface area contributed by atoms with Crippen molar-refractivity contribution in [2.45, 2.75) is 26.0 Å². The monoisotopic (exact) mass is 233 g/mol. The Morgan fingerprint density at radius 2 is 2.00 bits per heavy atom. The molecule has 0 amide bonds. The van der Waals surface area contributed by atoms with Crippen LogP contribution < -0.4 is 10.5 Å². The van der Waals surface area contributed by atoms with Gasteiger partial charge in [0.2, 0.25) is 0 Å². The zero-order chi connectivity index (χ0) is 12.4. The Morgan fingerprint density at radius 1 is 1.35 bits per heavy atom. The summed E-state index contributed by atoms with van der Waals surface area (Å²) in [6, 6.07) is 8.40. The van der Waals surface area contributed by atoms with Crippen molar-refractivity contribution >= 4 is 5.96 Å². The van der Waals surface area contributed by atoms with Crippen molar-refractivity contribution in [2.24, 2.45) is 10.7 Å². The molecule has 2 N–H and O–H groups in total. The van der Waals surface area contributed by atoms with Gasteiger partial charge in [0.1, 0.15) is 5.75 Å². The third-order valence-electron chi connectivity index (χ3n) is 2.89. The second kappa shape index (κ2) is 4.65. The highest BCUT2D eigenvalue weighted by molar-refractivity contribution is 5.80. The quantitative estimate of drug-likeness (QED) is 0.865. The van der Waals surface area contributed by atoms with Crippen molar-refractivity contribution in [1.82, 2.24) is 4.90 Å². The Kier molecular flexibility index (Phi) is 3.22. The molecule has 0 aliphatic carbocycles. The van der Waals surface area contributed by atoms with Gasteiger partial charge in [0.15, 0.2) is 5.96 Å². The van der Waals surface area contributed by atoms with Gasteiger partial charge in [-0.15, -0.1) is 0 Å². The Bertz CT molecular complexity index is 411. The van der Waals surface area contributed by atoms with E-state index in [0.717, 1.165) is 12.3 Å². The van der Waals surface area contributed by atoms with Crippen LogP contribution >= 0.6 is 0 Å². The summed E-state index contributed by atoms with van der Waals surface area (Å²) in [4.78, 5) is 6.23. The standard InChI is InChI=1S/C13H19N3O/c1-9(2)17-11-6-4-10(5-7-11)12-8-15-13(14)16(12)3/h4-7,9,12H,8H2,1-3H3,(H2,14,15). The molecule has 4 nitrogen and oxygen atoms in total. The second-order valence-electron chi connectivity index (χ2n) is 4.56. The topological polar surface area (TPSA) is 50.9 Å². The van der Waals surface area contributed by atoms with Gasteiger partial charge in [-0.25, -0.2) is 0 Å². The van der Waals surface area contributed by atoms with Crippen LogP contribution in [0.25, 0.3) is 0 Å². The number of aliphatic imine (C=N–C) groups is 1. The summed E-state index contributed by atoms with van der Waals surface area (Å²) < 4.78 is 5.61. The Morgan fingerprint density at radius 3 is 2.47 bits per heavy atom. The van der Waals surface area contributed by atoms with Crippen LogP contribution in [0.15, 0.2) is 29.3 Å². The molecule has 1 aromatic rings. The molecule has 1 aliphatic rings. The Balaban J connectivity index is 2.09. The smallest absolute Gasteiger partial charge is 0.191 e. The predicted octanol–water partition coefficient (Wildman–Crippen LogP) is 1.77. The third-order valence-corrected chi connectivity index (χ3v) is 2.89. The summed E-state index contributed by atoms with van der Waals surface area (Å²) in [7, 11) is 1.97. The molecular weight excluding hydrogens is 214 g/mol. The molecule has 92 valence electrons. The fourth-order valence-corrected chi connectivity index (χ4v) is 1.94. The molecular formula is C13H19N3O. The molecule has 0 saturated heterocycles. The molecule has 0 fully saturated rings. The maximum absolute atomic E-state index is 5.75. The molecule has 0 aromatic heterocycles. The largest absolute Gasteiger partial charge is 0.491 e. The first-order valence-corrected chi connectivity index (χ1v) is 5.87. The molecule has 1 heterocycles. The minimum absolute atomic E-state index is 0.203. The van der Waals surface area contributed by atoms with Crippen LogP contribution in [0.3, 0.4) is 0 Å². The number of hydrogen-bond acceptors (Lipinski definition) is 4. The van der Waals surface area contributed by atoms with Gasteiger partial charge in [-0.2, -0.15) is 0 Å². The molecule has 0 spiro atoms. The Hall–Kier alpha value is -1.71. The number of guanidine groups is 1. The Labute approximate surface area is 102 Å². The number of nitrogens with two attached hydrogens (primary N) is 1. The van der Waals surface area contributed by atoms with Crippen molar-refractivity contribution in [3.63, 3.8) is 0 Å². The summed E-state index contributed by atoms with van der Waals surface area (Å²) in [5.41, 5.74) is 6.97. The average molecular weight is 233 g/mol. The van der Waals surface area contributed by atoms with Crippen LogP contribution in [-0.4, -0.2) is 30.6 Å². The minimum atomic E-state index is 0.203. The van der Waals surface area contributed by atoms with Gasteiger partial charge in [-0.1, -0.05) is 12.1 Å². The van der Waals surface area contributed by atoms with Crippen molar-refractivity contribution in [2.75, 3.05) is 13.6 Å². The van der Waals surface area contributed by atoms with Crippen LogP contribution in [0.2, 0.25) is 0 Å². The van der Waals surface area contributed by atoms with Gasteiger partial charge in [-0.3, -0.25) is 4.99 Å². The number of benzene rings is 1. The summed E-state index contributed by atoms with van der Waals surface area (Å²) in [6.45, 7) is 4.77. The summed E-state index contributed by atoms with van der Waals surface area (Å²) in [5, 5.41) is 0.